The van der Waals surface area contributed by atoms with Crippen molar-refractivity contribution in [2.45, 2.75) is 13.5 Å². The predicted octanol–water partition coefficient (Wildman–Crippen LogP) is 4.80. The van der Waals surface area contributed by atoms with Gasteiger partial charge in [-0.05, 0) is 43.3 Å². The van der Waals surface area contributed by atoms with Crippen LogP contribution in [-0.2, 0) is 11.3 Å². The first-order valence-electron chi connectivity index (χ1n) is 8.32. The summed E-state index contributed by atoms with van der Waals surface area (Å²) in [5, 5.41) is 0.789. The Hall–Kier alpha value is -1.86. The Labute approximate surface area is 170 Å². The second-order valence-electron chi connectivity index (χ2n) is 5.67. The molecule has 0 saturated heterocycles. The van der Waals surface area contributed by atoms with Gasteiger partial charge in [0.25, 0.3) is 5.91 Å². The number of nitrogens with zero attached hydrogens (tertiary/aromatic N) is 2. The van der Waals surface area contributed by atoms with Gasteiger partial charge in [0.2, 0.25) is 0 Å². The van der Waals surface area contributed by atoms with E-state index in [0.717, 1.165) is 16.0 Å². The number of thiazole rings is 1. The zero-order valence-electron chi connectivity index (χ0n) is 14.9. The van der Waals surface area contributed by atoms with E-state index in [1.54, 1.807) is 25.3 Å². The van der Waals surface area contributed by atoms with Gasteiger partial charge in [-0.15, -0.1) is 0 Å². The van der Waals surface area contributed by atoms with Gasteiger partial charge in [-0.1, -0.05) is 34.5 Å². The van der Waals surface area contributed by atoms with Crippen LogP contribution >= 0.6 is 34.5 Å². The van der Waals surface area contributed by atoms with E-state index < -0.39 is 5.91 Å². The zero-order valence-corrected chi connectivity index (χ0v) is 17.2. The maximum absolute atomic E-state index is 12.6. The molecule has 0 aliphatic carbocycles. The van der Waals surface area contributed by atoms with Crippen LogP contribution in [0.15, 0.2) is 41.4 Å². The molecule has 27 heavy (non-hydrogen) atoms. The minimum Gasteiger partial charge on any atom is -0.494 e. The molecule has 0 radical (unpaired) electrons. The number of hydrogen-bond donors (Lipinski definition) is 0. The topological polar surface area (TPSA) is 52.8 Å². The number of carbonyl (C=O) groups is 1. The molecule has 0 aliphatic heterocycles. The van der Waals surface area contributed by atoms with Crippen LogP contribution in [-0.4, -0.2) is 30.8 Å². The predicted molar refractivity (Wildman–Crippen MR) is 109 cm³/mol. The number of benzene rings is 2. The summed E-state index contributed by atoms with van der Waals surface area (Å²) in [6.45, 7) is 3.61. The molecule has 5 nitrogen and oxygen atoms in total. The number of halogens is 2. The Bertz CT molecular complexity index is 1020. The van der Waals surface area contributed by atoms with Gasteiger partial charge in [0.15, 0.2) is 4.80 Å². The van der Waals surface area contributed by atoms with Crippen molar-refractivity contribution in [2.75, 3.05) is 20.3 Å². The average Bonchev–Trinajstić information content (AvgIpc) is 2.95. The van der Waals surface area contributed by atoms with Crippen molar-refractivity contribution in [3.05, 3.63) is 56.8 Å². The van der Waals surface area contributed by atoms with E-state index in [0.29, 0.717) is 40.2 Å². The fraction of sp³-hybridized carbons (Fsp3) is 0.263. The van der Waals surface area contributed by atoms with Crippen molar-refractivity contribution < 1.29 is 14.3 Å². The van der Waals surface area contributed by atoms with Crippen LogP contribution in [0, 0.1) is 0 Å². The van der Waals surface area contributed by atoms with Crippen LogP contribution in [0.25, 0.3) is 10.2 Å². The highest BCUT2D eigenvalue weighted by Gasteiger charge is 2.11. The highest BCUT2D eigenvalue weighted by molar-refractivity contribution is 7.16. The third-order valence-electron chi connectivity index (χ3n) is 3.79. The highest BCUT2D eigenvalue weighted by Crippen LogP contribution is 2.24. The van der Waals surface area contributed by atoms with Gasteiger partial charge in [-0.25, -0.2) is 0 Å². The zero-order chi connectivity index (χ0) is 19.4. The smallest absolute Gasteiger partial charge is 0.279 e. The minimum absolute atomic E-state index is 0.346. The summed E-state index contributed by atoms with van der Waals surface area (Å²) in [5.74, 6) is 0.381. The molecule has 1 aromatic heterocycles. The molecule has 0 spiro atoms. The van der Waals surface area contributed by atoms with E-state index in [1.165, 1.54) is 11.3 Å². The molecule has 0 aliphatic rings. The van der Waals surface area contributed by atoms with Crippen molar-refractivity contribution in [3.8, 4) is 5.75 Å². The lowest BCUT2D eigenvalue weighted by Gasteiger charge is -2.06. The third kappa shape index (κ3) is 4.71. The van der Waals surface area contributed by atoms with Crippen molar-refractivity contribution in [3.63, 3.8) is 0 Å². The van der Waals surface area contributed by atoms with Crippen LogP contribution in [0.2, 0.25) is 10.0 Å². The van der Waals surface area contributed by atoms with E-state index in [1.807, 2.05) is 29.7 Å². The van der Waals surface area contributed by atoms with Gasteiger partial charge in [0, 0.05) is 29.3 Å². The summed E-state index contributed by atoms with van der Waals surface area (Å²) in [5.41, 5.74) is 1.31. The Morgan fingerprint density at radius 2 is 1.93 bits per heavy atom. The molecular weight excluding hydrogens is 407 g/mol. The quantitative estimate of drug-likeness (QED) is 0.570. The molecule has 2 aromatic carbocycles. The molecule has 142 valence electrons. The Kier molecular flexibility index (Phi) is 6.55. The SMILES string of the molecule is CCOc1ccc2c(c1)sc(=NC(=O)c1cc(Cl)cc(Cl)c1)n2CCOC. The summed E-state index contributed by atoms with van der Waals surface area (Å²) in [6.07, 6.45) is 0. The molecule has 0 atom stereocenters. The van der Waals surface area contributed by atoms with Crippen LogP contribution < -0.4 is 9.54 Å². The van der Waals surface area contributed by atoms with Crippen molar-refractivity contribution in [1.29, 1.82) is 0 Å². The number of fused-ring (bicyclic) bond motifs is 1. The third-order valence-corrected chi connectivity index (χ3v) is 5.27. The number of hydrogen-bond acceptors (Lipinski definition) is 4. The van der Waals surface area contributed by atoms with Gasteiger partial charge in [-0.2, -0.15) is 4.99 Å². The fourth-order valence-corrected chi connectivity index (χ4v) is 4.23. The number of amides is 1. The fourth-order valence-electron chi connectivity index (χ4n) is 2.62. The number of aromatic nitrogens is 1. The second kappa shape index (κ2) is 8.89. The normalized spacial score (nSPS) is 11.9. The molecule has 0 N–H and O–H groups in total. The van der Waals surface area contributed by atoms with E-state index in [-0.39, 0.29) is 0 Å². The van der Waals surface area contributed by atoms with Crippen LogP contribution in [0.4, 0.5) is 0 Å². The first kappa shape index (κ1) is 19.9. The monoisotopic (exact) mass is 424 g/mol. The number of carbonyl (C=O) groups excluding carboxylic acids is 1. The molecule has 0 fully saturated rings. The van der Waals surface area contributed by atoms with Gasteiger partial charge < -0.3 is 14.0 Å². The van der Waals surface area contributed by atoms with E-state index in [2.05, 4.69) is 4.99 Å². The van der Waals surface area contributed by atoms with E-state index in [9.17, 15) is 4.79 Å². The van der Waals surface area contributed by atoms with Gasteiger partial charge in [-0.3, -0.25) is 4.79 Å². The average molecular weight is 425 g/mol. The molecule has 3 rings (SSSR count). The maximum Gasteiger partial charge on any atom is 0.279 e. The Balaban J connectivity index is 2.09. The van der Waals surface area contributed by atoms with Crippen molar-refractivity contribution >= 4 is 50.7 Å². The van der Waals surface area contributed by atoms with Gasteiger partial charge in [0.05, 0.1) is 23.4 Å². The van der Waals surface area contributed by atoms with Crippen LogP contribution in [0.5, 0.6) is 5.75 Å². The summed E-state index contributed by atoms with van der Waals surface area (Å²) in [7, 11) is 1.64. The van der Waals surface area contributed by atoms with E-state index in [4.69, 9.17) is 32.7 Å². The number of methoxy groups -OCH3 is 1. The van der Waals surface area contributed by atoms with Gasteiger partial charge in [0.1, 0.15) is 5.75 Å². The van der Waals surface area contributed by atoms with Crippen molar-refractivity contribution in [2.24, 2.45) is 4.99 Å². The number of ether oxygens (including phenoxy) is 2. The molecule has 0 saturated carbocycles. The molecule has 1 heterocycles. The first-order valence-corrected chi connectivity index (χ1v) is 9.89. The summed E-state index contributed by atoms with van der Waals surface area (Å²) >= 11 is 13.4. The van der Waals surface area contributed by atoms with E-state index >= 15 is 0 Å². The molecule has 8 heteroatoms. The lowest BCUT2D eigenvalue weighted by molar-refractivity contribution is 0.0997. The highest BCUT2D eigenvalue weighted by atomic mass is 35.5. The maximum atomic E-state index is 12.6. The van der Waals surface area contributed by atoms with Crippen LogP contribution in [0.3, 0.4) is 0 Å². The molecule has 0 unspecified atom stereocenters. The summed E-state index contributed by atoms with van der Waals surface area (Å²) in [6, 6.07) is 10.5. The largest absolute Gasteiger partial charge is 0.494 e. The Morgan fingerprint density at radius 3 is 2.59 bits per heavy atom. The molecular formula is C19H18Cl2N2O3S. The summed E-state index contributed by atoms with van der Waals surface area (Å²) in [4.78, 5) is 17.5. The van der Waals surface area contributed by atoms with Crippen LogP contribution in [0.1, 0.15) is 17.3 Å². The standard InChI is InChI=1S/C19H18Cl2N2O3S/c1-3-26-15-4-5-16-17(11-15)27-19(23(16)6-7-25-2)22-18(24)12-8-13(20)10-14(21)9-12/h4-5,8-11H,3,6-7H2,1-2H3. The lowest BCUT2D eigenvalue weighted by atomic mass is 10.2. The second-order valence-corrected chi connectivity index (χ2v) is 7.55. The lowest BCUT2D eigenvalue weighted by Crippen LogP contribution is -2.19. The molecule has 0 bridgehead atoms. The van der Waals surface area contributed by atoms with Gasteiger partial charge >= 0.3 is 0 Å². The summed E-state index contributed by atoms with van der Waals surface area (Å²) < 4.78 is 13.7. The molecule has 1 amide bonds. The number of rotatable bonds is 6. The Morgan fingerprint density at radius 1 is 1.19 bits per heavy atom. The minimum atomic E-state index is -0.401. The molecule has 3 aromatic rings. The van der Waals surface area contributed by atoms with Crippen molar-refractivity contribution in [1.82, 2.24) is 4.57 Å². The first-order chi connectivity index (χ1) is 13.0.